The molecule has 0 nitrogen and oxygen atoms in total. The lowest BCUT2D eigenvalue weighted by Crippen LogP contribution is -2.27. The number of allylic oxidation sites excluding steroid dienone is 5. The van der Waals surface area contributed by atoms with E-state index in [-0.39, 0.29) is 10.8 Å². The van der Waals surface area contributed by atoms with Crippen molar-refractivity contribution in [3.05, 3.63) is 137 Å². The lowest BCUT2D eigenvalue weighted by atomic mass is 9.66. The van der Waals surface area contributed by atoms with Crippen molar-refractivity contribution in [2.75, 3.05) is 0 Å². The molecule has 0 saturated heterocycles. The summed E-state index contributed by atoms with van der Waals surface area (Å²) in [5.74, 6) is 0. The van der Waals surface area contributed by atoms with Crippen LogP contribution in [0.2, 0.25) is 0 Å². The van der Waals surface area contributed by atoms with Crippen molar-refractivity contribution < 1.29 is 0 Å². The molecule has 0 heteroatoms. The fourth-order valence-electron chi connectivity index (χ4n) is 5.64. The van der Waals surface area contributed by atoms with Crippen LogP contribution >= 0.6 is 0 Å². The summed E-state index contributed by atoms with van der Waals surface area (Å²) >= 11 is 0. The average Bonchev–Trinajstić information content (AvgIpc) is 3.43. The second-order valence-corrected chi connectivity index (χ2v) is 8.34. The molecule has 1 fully saturated rings. The molecule has 0 N–H and O–H groups in total. The van der Waals surface area contributed by atoms with Gasteiger partial charge in [-0.15, -0.1) is 0 Å². The number of aryl methyl sites for hydroxylation is 1. The Morgan fingerprint density at radius 1 is 0.750 bits per heavy atom. The highest BCUT2D eigenvalue weighted by Gasteiger charge is 2.71. The summed E-state index contributed by atoms with van der Waals surface area (Å²) < 4.78 is 0. The number of fused-ring (bicyclic) bond motifs is 2. The minimum atomic E-state index is 0.0478. The van der Waals surface area contributed by atoms with Gasteiger partial charge in [-0.1, -0.05) is 109 Å². The van der Waals surface area contributed by atoms with Crippen molar-refractivity contribution in [1.29, 1.82) is 0 Å². The second kappa shape index (κ2) is 5.45. The maximum absolute atomic E-state index is 2.46. The van der Waals surface area contributed by atoms with Crippen molar-refractivity contribution in [2.45, 2.75) is 18.8 Å². The maximum Gasteiger partial charge on any atom is 0.0352 e. The zero-order valence-corrected chi connectivity index (χ0v) is 16.0. The minimum Gasteiger partial charge on any atom is -0.0727 e. The molecule has 3 aromatic rings. The molecule has 0 aromatic heterocycles. The van der Waals surface area contributed by atoms with Crippen molar-refractivity contribution in [3.8, 4) is 0 Å². The Bertz CT molecular complexity index is 1170. The average molecular weight is 358 g/mol. The Balaban J connectivity index is 1.70. The van der Waals surface area contributed by atoms with E-state index >= 15 is 0 Å². The Hall–Kier alpha value is -3.12. The lowest BCUT2D eigenvalue weighted by Gasteiger charge is -2.36. The van der Waals surface area contributed by atoms with Gasteiger partial charge in [0.25, 0.3) is 0 Å². The SMILES string of the molecule is Cc1ccc(C23C[C@@]24C=CC=CC4=C(c2ccccc2)c2ccccc23)cc1. The van der Waals surface area contributed by atoms with Crippen LogP contribution in [0.3, 0.4) is 0 Å². The van der Waals surface area contributed by atoms with E-state index in [0.29, 0.717) is 0 Å². The van der Waals surface area contributed by atoms with E-state index in [0.717, 1.165) is 6.42 Å². The third-order valence-electron chi connectivity index (χ3n) is 6.95. The molecule has 0 amide bonds. The molecule has 6 rings (SSSR count). The first-order chi connectivity index (χ1) is 13.8. The molecule has 0 radical (unpaired) electrons. The highest BCUT2D eigenvalue weighted by Crippen LogP contribution is 2.77. The van der Waals surface area contributed by atoms with Crippen molar-refractivity contribution in [1.82, 2.24) is 0 Å². The summed E-state index contributed by atoms with van der Waals surface area (Å²) in [6.45, 7) is 2.17. The summed E-state index contributed by atoms with van der Waals surface area (Å²) in [6, 6.07) is 29.2. The molecule has 1 saturated carbocycles. The van der Waals surface area contributed by atoms with Crippen molar-refractivity contribution >= 4 is 5.57 Å². The zero-order chi connectivity index (χ0) is 18.8. The summed E-state index contributed by atoms with van der Waals surface area (Å²) in [7, 11) is 0. The van der Waals surface area contributed by atoms with Gasteiger partial charge in [-0.25, -0.2) is 0 Å². The van der Waals surface area contributed by atoms with Crippen LogP contribution in [0.5, 0.6) is 0 Å². The topological polar surface area (TPSA) is 0 Å². The molecule has 0 heterocycles. The number of hydrogen-bond donors (Lipinski definition) is 0. The third kappa shape index (κ3) is 1.85. The van der Waals surface area contributed by atoms with Gasteiger partial charge < -0.3 is 0 Å². The molecule has 0 bridgehead atoms. The van der Waals surface area contributed by atoms with Crippen LogP contribution in [0, 0.1) is 12.3 Å². The van der Waals surface area contributed by atoms with E-state index in [4.69, 9.17) is 0 Å². The Morgan fingerprint density at radius 3 is 2.32 bits per heavy atom. The van der Waals surface area contributed by atoms with Gasteiger partial charge in [0.15, 0.2) is 0 Å². The predicted molar refractivity (Wildman–Crippen MR) is 116 cm³/mol. The highest BCUT2D eigenvalue weighted by atomic mass is 14.7. The van der Waals surface area contributed by atoms with Crippen molar-refractivity contribution in [3.63, 3.8) is 0 Å². The first-order valence-corrected chi connectivity index (χ1v) is 10.1. The van der Waals surface area contributed by atoms with Gasteiger partial charge in [0.05, 0.1) is 0 Å². The number of rotatable bonds is 2. The first-order valence-electron chi connectivity index (χ1n) is 10.1. The fraction of sp³-hybridized carbons (Fsp3) is 0.143. The minimum absolute atomic E-state index is 0.0478. The van der Waals surface area contributed by atoms with Crippen LogP contribution in [-0.2, 0) is 5.41 Å². The summed E-state index contributed by atoms with van der Waals surface area (Å²) in [4.78, 5) is 0. The molecule has 1 spiro atoms. The summed E-state index contributed by atoms with van der Waals surface area (Å²) in [5, 5.41) is 0. The predicted octanol–water partition coefficient (Wildman–Crippen LogP) is 6.61. The van der Waals surface area contributed by atoms with Gasteiger partial charge in [-0.3, -0.25) is 0 Å². The fourth-order valence-corrected chi connectivity index (χ4v) is 5.64. The zero-order valence-electron chi connectivity index (χ0n) is 16.0. The molecule has 28 heavy (non-hydrogen) atoms. The molecular formula is C28H22. The molecule has 0 aliphatic heterocycles. The monoisotopic (exact) mass is 358 g/mol. The summed E-state index contributed by atoms with van der Waals surface area (Å²) in [6.07, 6.45) is 10.4. The Kier molecular flexibility index (Phi) is 3.09. The van der Waals surface area contributed by atoms with Gasteiger partial charge in [-0.2, -0.15) is 0 Å². The van der Waals surface area contributed by atoms with Crippen LogP contribution in [0.4, 0.5) is 0 Å². The Labute approximate surface area is 166 Å². The van der Waals surface area contributed by atoms with E-state index in [1.807, 2.05) is 0 Å². The molecule has 2 atom stereocenters. The van der Waals surface area contributed by atoms with Gasteiger partial charge in [0.2, 0.25) is 0 Å². The molecule has 3 aliphatic carbocycles. The maximum atomic E-state index is 2.46. The van der Waals surface area contributed by atoms with Crippen LogP contribution in [0.15, 0.2) is 109 Å². The third-order valence-corrected chi connectivity index (χ3v) is 6.95. The molecule has 3 aliphatic rings. The van der Waals surface area contributed by atoms with E-state index in [1.54, 1.807) is 0 Å². The first kappa shape index (κ1) is 15.9. The van der Waals surface area contributed by atoms with Crippen molar-refractivity contribution in [2.24, 2.45) is 5.41 Å². The lowest BCUT2D eigenvalue weighted by molar-refractivity contribution is 0.646. The van der Waals surface area contributed by atoms with Gasteiger partial charge in [0, 0.05) is 10.8 Å². The highest BCUT2D eigenvalue weighted by molar-refractivity contribution is 5.92. The van der Waals surface area contributed by atoms with Crippen LogP contribution in [0.1, 0.15) is 34.2 Å². The number of hydrogen-bond acceptors (Lipinski definition) is 0. The van der Waals surface area contributed by atoms with Gasteiger partial charge >= 0.3 is 0 Å². The van der Waals surface area contributed by atoms with E-state index in [9.17, 15) is 0 Å². The quantitative estimate of drug-likeness (QED) is 0.483. The Morgan fingerprint density at radius 2 is 1.50 bits per heavy atom. The normalized spacial score (nSPS) is 26.5. The molecule has 1 unspecified atom stereocenters. The van der Waals surface area contributed by atoms with E-state index in [2.05, 4.69) is 110 Å². The van der Waals surface area contributed by atoms with E-state index < -0.39 is 0 Å². The van der Waals surface area contributed by atoms with Crippen LogP contribution in [-0.4, -0.2) is 0 Å². The molecular weight excluding hydrogens is 336 g/mol. The van der Waals surface area contributed by atoms with E-state index in [1.165, 1.54) is 39.0 Å². The van der Waals surface area contributed by atoms with Gasteiger partial charge in [-0.05, 0) is 46.7 Å². The molecule has 3 aromatic carbocycles. The molecule has 134 valence electrons. The standard InChI is InChI=1S/C28H22/c1-20-14-16-22(17-15-20)28-19-27(28)18-8-7-13-25(27)26(21-9-3-2-4-10-21)23-11-5-6-12-24(23)28/h2-18H,19H2,1H3/t27-,28?/m1/s1. The van der Waals surface area contributed by atoms with Crippen LogP contribution < -0.4 is 0 Å². The second-order valence-electron chi connectivity index (χ2n) is 8.34. The van der Waals surface area contributed by atoms with Gasteiger partial charge in [0.1, 0.15) is 0 Å². The summed E-state index contributed by atoms with van der Waals surface area (Å²) in [5.41, 5.74) is 9.92. The smallest absolute Gasteiger partial charge is 0.0352 e. The number of benzene rings is 3. The largest absolute Gasteiger partial charge is 0.0727 e. The van der Waals surface area contributed by atoms with Crippen LogP contribution in [0.25, 0.3) is 5.57 Å².